The van der Waals surface area contributed by atoms with Crippen LogP contribution in [0.4, 0.5) is 0 Å². The zero-order chi connectivity index (χ0) is 9.23. The van der Waals surface area contributed by atoms with Gasteiger partial charge in [-0.25, -0.2) is 0 Å². The van der Waals surface area contributed by atoms with Gasteiger partial charge in [-0.05, 0) is 12.5 Å². The van der Waals surface area contributed by atoms with Crippen LogP contribution in [-0.2, 0) is 0 Å². The molecule has 0 saturated carbocycles. The monoisotopic (exact) mass is 280 g/mol. The van der Waals surface area contributed by atoms with Crippen molar-refractivity contribution in [3.63, 3.8) is 0 Å². The number of allylic oxidation sites excluding steroid dienone is 1. The summed E-state index contributed by atoms with van der Waals surface area (Å²) in [5.41, 5.74) is 0.322. The molecule has 12 heavy (non-hydrogen) atoms. The Balaban J connectivity index is 0. The molecular weight excluding hydrogens is 276 g/mol. The van der Waals surface area contributed by atoms with E-state index >= 15 is 0 Å². The topological polar surface area (TPSA) is 20.2 Å². The maximum atomic E-state index is 8.93. The Kier molecular flexibility index (Phi) is 9.12. The minimum atomic E-state index is -2.12. The minimum absolute atomic E-state index is 0. The predicted octanol–water partition coefficient (Wildman–Crippen LogP) is 2.78. The normalized spacial score (nSPS) is 14.0. The fourth-order valence-electron chi connectivity index (χ4n) is 0.333. The van der Waals surface area contributed by atoms with Crippen LogP contribution in [0.2, 0.25) is 0 Å². The number of hydrogen-bond acceptors (Lipinski definition) is 1. The molecule has 1 nitrogen and oxygen atoms in total. The van der Waals surface area contributed by atoms with Crippen LogP contribution >= 0.6 is 58.0 Å². The molecule has 0 aromatic rings. The Morgan fingerprint density at radius 2 is 1.67 bits per heavy atom. The van der Waals surface area contributed by atoms with Crippen LogP contribution in [0.3, 0.4) is 0 Å². The summed E-state index contributed by atoms with van der Waals surface area (Å²) >= 11 is 26.8. The van der Waals surface area contributed by atoms with Gasteiger partial charge < -0.3 is 5.11 Å². The van der Waals surface area contributed by atoms with Crippen LogP contribution in [0, 0.1) is 0 Å². The van der Waals surface area contributed by atoms with Crippen molar-refractivity contribution in [2.45, 2.75) is 16.3 Å². The molecule has 0 unspecified atom stereocenters. The molecular formula is C5H6Cl5NaO. The SMILES string of the molecule is CC(=C(Cl)C(O)(Cl)Cl)C(Cl)Cl.[NaH]. The summed E-state index contributed by atoms with van der Waals surface area (Å²) in [7, 11) is 0. The standard InChI is InChI=1S/C5H5Cl5O.Na.H/c1-2(4(7)8)3(6)5(9,10)11;;/h4,11H,1H3;;. The van der Waals surface area contributed by atoms with Gasteiger partial charge in [-0.3, -0.25) is 0 Å². The summed E-state index contributed by atoms with van der Waals surface area (Å²) in [5.74, 6) is 0. The van der Waals surface area contributed by atoms with Crippen molar-refractivity contribution < 1.29 is 5.11 Å². The first-order valence-corrected chi connectivity index (χ1v) is 4.52. The average Bonchev–Trinajstić information content (AvgIpc) is 1.82. The molecule has 0 aliphatic carbocycles. The quantitative estimate of drug-likeness (QED) is 0.610. The van der Waals surface area contributed by atoms with Crippen molar-refractivity contribution in [2.75, 3.05) is 0 Å². The molecule has 0 radical (unpaired) electrons. The summed E-state index contributed by atoms with van der Waals surface area (Å²) in [6.45, 7) is 1.52. The molecule has 0 bridgehead atoms. The molecule has 68 valence electrons. The summed E-state index contributed by atoms with van der Waals surface area (Å²) < 4.78 is -2.12. The third-order valence-electron chi connectivity index (χ3n) is 0.938. The molecule has 0 fully saturated rings. The summed E-state index contributed by atoms with van der Waals surface area (Å²) in [5, 5.41) is 8.76. The number of hydrogen-bond donors (Lipinski definition) is 1. The molecule has 0 atom stereocenters. The molecule has 0 aliphatic rings. The van der Waals surface area contributed by atoms with Gasteiger partial charge in [0, 0.05) is 0 Å². The summed E-state index contributed by atoms with van der Waals surface area (Å²) in [6, 6.07) is 0. The second-order valence-electron chi connectivity index (χ2n) is 1.84. The first kappa shape index (κ1) is 16.6. The van der Waals surface area contributed by atoms with E-state index in [-0.39, 0.29) is 34.6 Å². The first-order valence-electron chi connectivity index (χ1n) is 2.52. The fourth-order valence-corrected chi connectivity index (χ4v) is 1.07. The number of halogens is 5. The van der Waals surface area contributed by atoms with E-state index in [1.807, 2.05) is 0 Å². The van der Waals surface area contributed by atoms with Crippen molar-refractivity contribution >= 4 is 87.6 Å². The van der Waals surface area contributed by atoms with E-state index in [1.165, 1.54) is 6.92 Å². The molecule has 1 N–H and O–H groups in total. The molecule has 0 saturated heterocycles. The van der Waals surface area contributed by atoms with Gasteiger partial charge in [0.15, 0.2) is 0 Å². The molecule has 0 aromatic carbocycles. The van der Waals surface area contributed by atoms with Crippen LogP contribution < -0.4 is 0 Å². The van der Waals surface area contributed by atoms with Crippen LogP contribution in [0.15, 0.2) is 10.6 Å². The van der Waals surface area contributed by atoms with Crippen LogP contribution in [-0.4, -0.2) is 44.0 Å². The summed E-state index contributed by atoms with van der Waals surface area (Å²) in [6.07, 6.45) is 0. The van der Waals surface area contributed by atoms with Gasteiger partial charge in [0.05, 0.1) is 5.03 Å². The van der Waals surface area contributed by atoms with Gasteiger partial charge in [0.1, 0.15) is 4.84 Å². The molecule has 0 aliphatic heterocycles. The van der Waals surface area contributed by atoms with Gasteiger partial charge in [-0.2, -0.15) is 0 Å². The molecule has 0 aromatic heterocycles. The van der Waals surface area contributed by atoms with E-state index in [0.29, 0.717) is 5.57 Å². The maximum absolute atomic E-state index is 8.93. The van der Waals surface area contributed by atoms with Crippen molar-refractivity contribution in [2.24, 2.45) is 0 Å². The molecule has 0 spiro atoms. The van der Waals surface area contributed by atoms with E-state index < -0.39 is 9.36 Å². The van der Waals surface area contributed by atoms with E-state index in [9.17, 15) is 0 Å². The second-order valence-corrected chi connectivity index (χ2v) is 4.60. The Labute approximate surface area is 118 Å². The van der Waals surface area contributed by atoms with Crippen molar-refractivity contribution in [3.8, 4) is 0 Å². The first-order chi connectivity index (χ1) is 4.76. The zero-order valence-corrected chi connectivity index (χ0v) is 9.19. The Morgan fingerprint density at radius 1 is 1.33 bits per heavy atom. The van der Waals surface area contributed by atoms with E-state index in [4.69, 9.17) is 63.1 Å². The molecule has 0 heterocycles. The van der Waals surface area contributed by atoms with Crippen LogP contribution in [0.1, 0.15) is 6.92 Å². The van der Waals surface area contributed by atoms with E-state index in [1.54, 1.807) is 0 Å². The zero-order valence-electron chi connectivity index (χ0n) is 5.41. The van der Waals surface area contributed by atoms with Crippen LogP contribution in [0.5, 0.6) is 0 Å². The van der Waals surface area contributed by atoms with Gasteiger partial charge in [-0.1, -0.05) is 34.8 Å². The number of alkyl halides is 4. The van der Waals surface area contributed by atoms with Gasteiger partial charge >= 0.3 is 29.6 Å². The fraction of sp³-hybridized carbons (Fsp3) is 0.600. The Bertz CT molecular complexity index is 173. The average molecular weight is 282 g/mol. The third-order valence-corrected chi connectivity index (χ3v) is 2.74. The van der Waals surface area contributed by atoms with Crippen molar-refractivity contribution in [1.29, 1.82) is 0 Å². The van der Waals surface area contributed by atoms with Crippen molar-refractivity contribution in [3.05, 3.63) is 10.6 Å². The second kappa shape index (κ2) is 6.60. The van der Waals surface area contributed by atoms with Crippen LogP contribution in [0.25, 0.3) is 0 Å². The number of rotatable bonds is 2. The van der Waals surface area contributed by atoms with Gasteiger partial charge in [-0.15, -0.1) is 23.2 Å². The number of aliphatic hydroxyl groups is 1. The summed E-state index contributed by atoms with van der Waals surface area (Å²) in [4.78, 5) is -0.827. The van der Waals surface area contributed by atoms with E-state index in [0.717, 1.165) is 0 Å². The van der Waals surface area contributed by atoms with Gasteiger partial charge in [0.25, 0.3) is 4.52 Å². The predicted molar refractivity (Wildman–Crippen MR) is 57.9 cm³/mol. The molecule has 0 amide bonds. The van der Waals surface area contributed by atoms with Gasteiger partial charge in [0.2, 0.25) is 0 Å². The Morgan fingerprint density at radius 3 is 1.75 bits per heavy atom. The molecule has 7 heteroatoms. The molecule has 0 rings (SSSR count). The van der Waals surface area contributed by atoms with E-state index in [2.05, 4.69) is 0 Å². The Hall–Kier alpha value is 2.15. The van der Waals surface area contributed by atoms with Crippen molar-refractivity contribution in [1.82, 2.24) is 0 Å². The third kappa shape index (κ3) is 5.79.